The Morgan fingerprint density at radius 3 is 2.62 bits per heavy atom. The topological polar surface area (TPSA) is 30.3 Å². The quantitative estimate of drug-likeness (QED) is 0.733. The Kier molecular flexibility index (Phi) is 5.85. The summed E-state index contributed by atoms with van der Waals surface area (Å²) >= 11 is 0. The Morgan fingerprint density at radius 1 is 1.12 bits per heavy atom. The van der Waals surface area contributed by atoms with E-state index in [0.29, 0.717) is 5.41 Å². The molecule has 0 atom stereocenters. The number of nitrogens with zero attached hydrogens (tertiary/aromatic N) is 3. The van der Waals surface area contributed by atoms with Gasteiger partial charge in [-0.15, -0.1) is 5.10 Å². The monoisotopic (exact) mass is 333 g/mol. The van der Waals surface area contributed by atoms with Crippen molar-refractivity contribution in [1.29, 1.82) is 0 Å². The number of rotatable bonds is 6. The number of aryl methyl sites for hydroxylation is 2. The third-order valence-electron chi connectivity index (χ3n) is 5.82. The summed E-state index contributed by atoms with van der Waals surface area (Å²) in [5.74, 6) is 1.72. The van der Waals surface area contributed by atoms with Crippen molar-refractivity contribution in [3.05, 3.63) is 11.8 Å². The minimum Gasteiger partial charge on any atom is -0.477 e. The van der Waals surface area contributed by atoms with Gasteiger partial charge in [0.2, 0.25) is 5.88 Å². The lowest BCUT2D eigenvalue weighted by molar-refractivity contribution is 0.110. The first-order valence-electron chi connectivity index (χ1n) is 9.94. The largest absolute Gasteiger partial charge is 0.477 e. The van der Waals surface area contributed by atoms with Gasteiger partial charge in [-0.3, -0.25) is 4.68 Å². The molecule has 3 heterocycles. The predicted molar refractivity (Wildman–Crippen MR) is 98.5 cm³/mol. The zero-order valence-corrected chi connectivity index (χ0v) is 15.9. The molecule has 0 saturated carbocycles. The fraction of sp³-hybridized carbons (Fsp3) is 0.850. The fourth-order valence-corrected chi connectivity index (χ4v) is 4.10. The molecule has 0 radical (unpaired) electrons. The van der Waals surface area contributed by atoms with Gasteiger partial charge in [0.15, 0.2) is 0 Å². The molecule has 0 amide bonds. The molecule has 0 N–H and O–H groups in total. The van der Waals surface area contributed by atoms with Crippen LogP contribution in [0.2, 0.25) is 0 Å². The molecule has 1 fully saturated rings. The van der Waals surface area contributed by atoms with Crippen molar-refractivity contribution in [2.45, 2.75) is 72.3 Å². The van der Waals surface area contributed by atoms with Crippen molar-refractivity contribution in [3.8, 4) is 5.88 Å². The molecule has 24 heavy (non-hydrogen) atoms. The zero-order chi connectivity index (χ0) is 17.0. The van der Waals surface area contributed by atoms with Crippen molar-refractivity contribution >= 4 is 0 Å². The van der Waals surface area contributed by atoms with Gasteiger partial charge in [0.25, 0.3) is 0 Å². The van der Waals surface area contributed by atoms with Crippen molar-refractivity contribution in [2.75, 3.05) is 26.2 Å². The molecule has 4 nitrogen and oxygen atoms in total. The third kappa shape index (κ3) is 4.75. The minimum absolute atomic E-state index is 0.476. The molecular weight excluding hydrogens is 298 g/mol. The molecule has 4 heteroatoms. The van der Waals surface area contributed by atoms with Crippen molar-refractivity contribution in [1.82, 2.24) is 14.7 Å². The summed E-state index contributed by atoms with van der Waals surface area (Å²) in [4.78, 5) is 2.64. The third-order valence-corrected chi connectivity index (χ3v) is 5.82. The first-order chi connectivity index (χ1) is 11.5. The Labute approximate surface area is 147 Å². The van der Waals surface area contributed by atoms with E-state index >= 15 is 0 Å². The van der Waals surface area contributed by atoms with Gasteiger partial charge in [-0.25, -0.2) is 0 Å². The number of piperidine rings is 1. The molecule has 136 valence electrons. The van der Waals surface area contributed by atoms with Crippen LogP contribution in [-0.4, -0.2) is 40.9 Å². The van der Waals surface area contributed by atoms with Crippen molar-refractivity contribution in [2.24, 2.45) is 11.3 Å². The fourth-order valence-electron chi connectivity index (χ4n) is 4.10. The van der Waals surface area contributed by atoms with Crippen LogP contribution in [0.15, 0.2) is 6.07 Å². The van der Waals surface area contributed by atoms with Crippen LogP contribution in [-0.2, 0) is 13.0 Å². The molecule has 1 saturated heterocycles. The second-order valence-electron chi connectivity index (χ2n) is 8.69. The summed E-state index contributed by atoms with van der Waals surface area (Å²) in [5.41, 5.74) is 1.82. The smallest absolute Gasteiger partial charge is 0.232 e. The van der Waals surface area contributed by atoms with E-state index in [4.69, 9.17) is 4.74 Å². The summed E-state index contributed by atoms with van der Waals surface area (Å²) in [6, 6.07) is 2.14. The van der Waals surface area contributed by atoms with Crippen LogP contribution in [0.5, 0.6) is 5.88 Å². The second-order valence-corrected chi connectivity index (χ2v) is 8.69. The zero-order valence-electron chi connectivity index (χ0n) is 15.9. The SMILES string of the molecule is CC(C)(C)C1CCN(CCCCOc2cc3n(n2)CCCC3)CC1. The molecular formula is C20H35N3O. The molecule has 0 aliphatic carbocycles. The van der Waals surface area contributed by atoms with Gasteiger partial charge in [0.05, 0.1) is 6.61 Å². The van der Waals surface area contributed by atoms with Crippen LogP contribution in [0.25, 0.3) is 0 Å². The predicted octanol–water partition coefficient (Wildman–Crippen LogP) is 4.14. The summed E-state index contributed by atoms with van der Waals surface area (Å²) < 4.78 is 7.98. The van der Waals surface area contributed by atoms with E-state index in [0.717, 1.165) is 37.8 Å². The van der Waals surface area contributed by atoms with E-state index < -0.39 is 0 Å². The van der Waals surface area contributed by atoms with Gasteiger partial charge in [0, 0.05) is 18.3 Å². The van der Waals surface area contributed by atoms with Crippen molar-refractivity contribution < 1.29 is 4.74 Å². The van der Waals surface area contributed by atoms with E-state index in [1.807, 2.05) is 0 Å². The molecule has 3 rings (SSSR count). The van der Waals surface area contributed by atoms with Gasteiger partial charge < -0.3 is 9.64 Å². The first kappa shape index (κ1) is 17.8. The van der Waals surface area contributed by atoms with Gasteiger partial charge >= 0.3 is 0 Å². The van der Waals surface area contributed by atoms with Gasteiger partial charge in [-0.05, 0) is 75.9 Å². The van der Waals surface area contributed by atoms with Crippen molar-refractivity contribution in [3.63, 3.8) is 0 Å². The van der Waals surface area contributed by atoms with E-state index in [1.165, 1.54) is 57.4 Å². The normalized spacial score (nSPS) is 20.1. The number of unbranched alkanes of at least 4 members (excludes halogenated alkanes) is 1. The number of fused-ring (bicyclic) bond motifs is 1. The molecule has 0 bridgehead atoms. The van der Waals surface area contributed by atoms with Crippen LogP contribution in [0.1, 0.15) is 65.0 Å². The maximum Gasteiger partial charge on any atom is 0.232 e. The molecule has 2 aliphatic rings. The maximum atomic E-state index is 5.86. The Hall–Kier alpha value is -1.03. The maximum absolute atomic E-state index is 5.86. The van der Waals surface area contributed by atoms with Crippen LogP contribution >= 0.6 is 0 Å². The van der Waals surface area contributed by atoms with E-state index in [-0.39, 0.29) is 0 Å². The lowest BCUT2D eigenvalue weighted by Crippen LogP contribution is -2.38. The molecule has 1 aromatic rings. The Morgan fingerprint density at radius 2 is 1.92 bits per heavy atom. The number of aromatic nitrogens is 2. The summed E-state index contributed by atoms with van der Waals surface area (Å²) in [6.07, 6.45) is 8.77. The summed E-state index contributed by atoms with van der Waals surface area (Å²) in [5, 5.41) is 4.55. The number of hydrogen-bond acceptors (Lipinski definition) is 3. The molecule has 0 spiro atoms. The number of likely N-dealkylation sites (tertiary alicyclic amines) is 1. The first-order valence-corrected chi connectivity index (χ1v) is 9.94. The average molecular weight is 334 g/mol. The highest BCUT2D eigenvalue weighted by atomic mass is 16.5. The number of hydrogen-bond donors (Lipinski definition) is 0. The Bertz CT molecular complexity index is 486. The molecule has 1 aromatic heterocycles. The average Bonchev–Trinajstić information content (AvgIpc) is 2.97. The molecule has 0 unspecified atom stereocenters. The van der Waals surface area contributed by atoms with E-state index in [9.17, 15) is 0 Å². The van der Waals surface area contributed by atoms with Gasteiger partial charge in [0.1, 0.15) is 0 Å². The van der Waals surface area contributed by atoms with Crippen LogP contribution < -0.4 is 4.74 Å². The van der Waals surface area contributed by atoms with E-state index in [1.54, 1.807) is 0 Å². The second kappa shape index (κ2) is 7.90. The Balaban J connectivity index is 1.29. The summed E-state index contributed by atoms with van der Waals surface area (Å²) in [6.45, 7) is 12.8. The van der Waals surface area contributed by atoms with E-state index in [2.05, 4.69) is 41.5 Å². The lowest BCUT2D eigenvalue weighted by Gasteiger charge is -2.38. The van der Waals surface area contributed by atoms with Crippen LogP contribution in [0.4, 0.5) is 0 Å². The highest BCUT2D eigenvalue weighted by Gasteiger charge is 2.28. The summed E-state index contributed by atoms with van der Waals surface area (Å²) in [7, 11) is 0. The minimum atomic E-state index is 0.476. The van der Waals surface area contributed by atoms with Crippen LogP contribution in [0.3, 0.4) is 0 Å². The van der Waals surface area contributed by atoms with Gasteiger partial charge in [-0.2, -0.15) is 0 Å². The number of ether oxygens (including phenoxy) is 1. The molecule has 0 aromatic carbocycles. The highest BCUT2D eigenvalue weighted by molar-refractivity contribution is 5.16. The van der Waals surface area contributed by atoms with Gasteiger partial charge in [-0.1, -0.05) is 20.8 Å². The lowest BCUT2D eigenvalue weighted by atomic mass is 9.75. The van der Waals surface area contributed by atoms with Crippen LogP contribution in [0, 0.1) is 11.3 Å². The molecule has 2 aliphatic heterocycles. The standard InChI is InChI=1S/C20H35N3O/c1-20(2,3)17-9-13-22(14-10-17)11-6-7-15-24-19-16-18-8-4-5-12-23(18)21-19/h16-17H,4-15H2,1-3H3. The highest BCUT2D eigenvalue weighted by Crippen LogP contribution is 2.34.